The van der Waals surface area contributed by atoms with Gasteiger partial charge in [0.25, 0.3) is 5.91 Å². The quantitative estimate of drug-likeness (QED) is 0.847. The first-order chi connectivity index (χ1) is 12.9. The summed E-state index contributed by atoms with van der Waals surface area (Å²) in [5.74, 6) is -0.368. The SMILES string of the molecule is Cc1ccc(Cl)cc1N1CCN(C(=O)CNC(=O)c2ccc(Cl)cc2)CC1. The molecule has 0 aliphatic carbocycles. The number of carbonyl (C=O) groups excluding carboxylic acids is 2. The van der Waals surface area contributed by atoms with E-state index in [9.17, 15) is 9.59 Å². The predicted molar refractivity (Wildman–Crippen MR) is 109 cm³/mol. The summed E-state index contributed by atoms with van der Waals surface area (Å²) < 4.78 is 0. The number of benzene rings is 2. The van der Waals surface area contributed by atoms with Crippen LogP contribution in [-0.4, -0.2) is 49.4 Å². The van der Waals surface area contributed by atoms with Crippen LogP contribution in [0.4, 0.5) is 5.69 Å². The molecule has 0 aromatic heterocycles. The number of piperazine rings is 1. The number of amides is 2. The van der Waals surface area contributed by atoms with E-state index in [-0.39, 0.29) is 18.4 Å². The molecule has 3 rings (SSSR count). The van der Waals surface area contributed by atoms with Crippen LogP contribution in [0.15, 0.2) is 42.5 Å². The fraction of sp³-hybridized carbons (Fsp3) is 0.300. The van der Waals surface area contributed by atoms with Crippen molar-refractivity contribution in [2.24, 2.45) is 0 Å². The third-order valence-corrected chi connectivity index (χ3v) is 5.14. The first-order valence-electron chi connectivity index (χ1n) is 8.76. The molecular formula is C20H21Cl2N3O2. The Labute approximate surface area is 168 Å². The number of hydrogen-bond donors (Lipinski definition) is 1. The average molecular weight is 406 g/mol. The summed E-state index contributed by atoms with van der Waals surface area (Å²) in [5.41, 5.74) is 2.74. The highest BCUT2D eigenvalue weighted by atomic mass is 35.5. The van der Waals surface area contributed by atoms with E-state index in [1.165, 1.54) is 0 Å². The standard InChI is InChI=1S/C20H21Cl2N3O2/c1-14-2-5-17(22)12-18(14)24-8-10-25(11-9-24)19(26)13-23-20(27)15-3-6-16(21)7-4-15/h2-7,12H,8-11,13H2,1H3,(H,23,27). The summed E-state index contributed by atoms with van der Waals surface area (Å²) in [6.45, 7) is 4.73. The summed E-state index contributed by atoms with van der Waals surface area (Å²) in [6.07, 6.45) is 0. The second-order valence-corrected chi connectivity index (χ2v) is 7.36. The van der Waals surface area contributed by atoms with Gasteiger partial charge in [0, 0.05) is 47.5 Å². The van der Waals surface area contributed by atoms with E-state index in [1.54, 1.807) is 29.2 Å². The minimum absolute atomic E-state index is 0.0162. The van der Waals surface area contributed by atoms with Crippen LogP contribution in [0.25, 0.3) is 0 Å². The zero-order valence-electron chi connectivity index (χ0n) is 15.0. The number of anilines is 1. The van der Waals surface area contributed by atoms with Gasteiger partial charge in [-0.15, -0.1) is 0 Å². The van der Waals surface area contributed by atoms with Crippen molar-refractivity contribution < 1.29 is 9.59 Å². The second kappa shape index (κ2) is 8.63. The van der Waals surface area contributed by atoms with Crippen molar-refractivity contribution in [2.75, 3.05) is 37.6 Å². The summed E-state index contributed by atoms with van der Waals surface area (Å²) in [5, 5.41) is 3.94. The van der Waals surface area contributed by atoms with E-state index < -0.39 is 0 Å². The lowest BCUT2D eigenvalue weighted by molar-refractivity contribution is -0.130. The van der Waals surface area contributed by atoms with Gasteiger partial charge >= 0.3 is 0 Å². The number of nitrogens with zero attached hydrogens (tertiary/aromatic N) is 2. The van der Waals surface area contributed by atoms with E-state index in [0.717, 1.165) is 24.3 Å². The predicted octanol–water partition coefficient (Wildman–Crippen LogP) is 3.38. The Balaban J connectivity index is 1.50. The highest BCUT2D eigenvalue weighted by Gasteiger charge is 2.22. The molecule has 2 amide bonds. The van der Waals surface area contributed by atoms with Gasteiger partial charge in [-0.2, -0.15) is 0 Å². The number of rotatable bonds is 4. The Hall–Kier alpha value is -2.24. The molecule has 7 heteroatoms. The fourth-order valence-electron chi connectivity index (χ4n) is 3.09. The van der Waals surface area contributed by atoms with E-state index in [0.29, 0.717) is 28.7 Å². The first kappa shape index (κ1) is 19.5. The van der Waals surface area contributed by atoms with Gasteiger partial charge in [0.15, 0.2) is 0 Å². The van der Waals surface area contributed by atoms with Crippen molar-refractivity contribution in [3.63, 3.8) is 0 Å². The monoisotopic (exact) mass is 405 g/mol. The number of nitrogens with one attached hydrogen (secondary N) is 1. The highest BCUT2D eigenvalue weighted by molar-refractivity contribution is 6.31. The van der Waals surface area contributed by atoms with Crippen molar-refractivity contribution in [1.29, 1.82) is 0 Å². The van der Waals surface area contributed by atoms with Crippen LogP contribution in [0.1, 0.15) is 15.9 Å². The van der Waals surface area contributed by atoms with Crippen molar-refractivity contribution >= 4 is 40.7 Å². The molecule has 1 fully saturated rings. The molecule has 0 spiro atoms. The Kier molecular flexibility index (Phi) is 6.24. The molecule has 142 valence electrons. The van der Waals surface area contributed by atoms with Crippen molar-refractivity contribution in [3.8, 4) is 0 Å². The minimum atomic E-state index is -0.284. The zero-order valence-corrected chi connectivity index (χ0v) is 16.6. The fourth-order valence-corrected chi connectivity index (χ4v) is 3.38. The maximum atomic E-state index is 12.4. The molecule has 27 heavy (non-hydrogen) atoms. The van der Waals surface area contributed by atoms with Gasteiger partial charge in [-0.05, 0) is 48.9 Å². The maximum absolute atomic E-state index is 12.4. The second-order valence-electron chi connectivity index (χ2n) is 6.49. The summed E-state index contributed by atoms with van der Waals surface area (Å²) >= 11 is 11.9. The lowest BCUT2D eigenvalue weighted by Gasteiger charge is -2.37. The lowest BCUT2D eigenvalue weighted by Crippen LogP contribution is -2.51. The third-order valence-electron chi connectivity index (χ3n) is 4.65. The molecule has 1 saturated heterocycles. The average Bonchev–Trinajstić information content (AvgIpc) is 2.68. The van der Waals surface area contributed by atoms with E-state index >= 15 is 0 Å². The van der Waals surface area contributed by atoms with Crippen LogP contribution in [-0.2, 0) is 4.79 Å². The number of carbonyl (C=O) groups is 2. The highest BCUT2D eigenvalue weighted by Crippen LogP contribution is 2.25. The van der Waals surface area contributed by atoms with Crippen LogP contribution in [0, 0.1) is 6.92 Å². The Morgan fingerprint density at radius 2 is 1.59 bits per heavy atom. The van der Waals surface area contributed by atoms with Crippen molar-refractivity contribution in [1.82, 2.24) is 10.2 Å². The van der Waals surface area contributed by atoms with Crippen LogP contribution < -0.4 is 10.2 Å². The summed E-state index contributed by atoms with van der Waals surface area (Å²) in [6, 6.07) is 12.4. The Bertz CT molecular complexity index is 832. The third kappa shape index (κ3) is 4.93. The van der Waals surface area contributed by atoms with Crippen LogP contribution in [0.5, 0.6) is 0 Å². The van der Waals surface area contributed by atoms with Gasteiger partial charge in [-0.1, -0.05) is 29.3 Å². The molecule has 2 aromatic carbocycles. The van der Waals surface area contributed by atoms with Crippen LogP contribution in [0.2, 0.25) is 10.0 Å². The van der Waals surface area contributed by atoms with E-state index in [2.05, 4.69) is 17.1 Å². The van der Waals surface area contributed by atoms with E-state index in [4.69, 9.17) is 23.2 Å². The molecule has 5 nitrogen and oxygen atoms in total. The normalized spacial score (nSPS) is 14.2. The van der Waals surface area contributed by atoms with Gasteiger partial charge < -0.3 is 15.1 Å². The first-order valence-corrected chi connectivity index (χ1v) is 9.52. The topological polar surface area (TPSA) is 52.6 Å². The molecule has 1 aliphatic rings. The molecule has 1 N–H and O–H groups in total. The van der Waals surface area contributed by atoms with Crippen molar-refractivity contribution in [3.05, 3.63) is 63.6 Å². The molecule has 1 heterocycles. The largest absolute Gasteiger partial charge is 0.368 e. The minimum Gasteiger partial charge on any atom is -0.368 e. The molecular weight excluding hydrogens is 385 g/mol. The van der Waals surface area contributed by atoms with Crippen LogP contribution >= 0.6 is 23.2 Å². The molecule has 2 aromatic rings. The number of aryl methyl sites for hydroxylation is 1. The number of halogens is 2. The van der Waals surface area contributed by atoms with Crippen LogP contribution in [0.3, 0.4) is 0 Å². The van der Waals surface area contributed by atoms with E-state index in [1.807, 2.05) is 18.2 Å². The molecule has 0 radical (unpaired) electrons. The molecule has 0 unspecified atom stereocenters. The Morgan fingerprint density at radius 3 is 2.26 bits per heavy atom. The molecule has 0 bridgehead atoms. The molecule has 0 saturated carbocycles. The van der Waals surface area contributed by atoms with Gasteiger partial charge in [0.05, 0.1) is 6.54 Å². The maximum Gasteiger partial charge on any atom is 0.251 e. The van der Waals surface area contributed by atoms with Gasteiger partial charge in [0.2, 0.25) is 5.91 Å². The van der Waals surface area contributed by atoms with Gasteiger partial charge in [-0.25, -0.2) is 0 Å². The van der Waals surface area contributed by atoms with Gasteiger partial charge in [0.1, 0.15) is 0 Å². The smallest absolute Gasteiger partial charge is 0.251 e. The zero-order chi connectivity index (χ0) is 19.4. The van der Waals surface area contributed by atoms with Gasteiger partial charge in [-0.3, -0.25) is 9.59 Å². The van der Waals surface area contributed by atoms with Crippen molar-refractivity contribution in [2.45, 2.75) is 6.92 Å². The summed E-state index contributed by atoms with van der Waals surface area (Å²) in [7, 11) is 0. The molecule has 1 aliphatic heterocycles. The molecule has 0 atom stereocenters. The lowest BCUT2D eigenvalue weighted by atomic mass is 10.1. The summed E-state index contributed by atoms with van der Waals surface area (Å²) in [4.78, 5) is 28.5. The number of hydrogen-bond acceptors (Lipinski definition) is 3. The Morgan fingerprint density at radius 1 is 0.963 bits per heavy atom.